The molecule has 1 aromatic rings. The summed E-state index contributed by atoms with van der Waals surface area (Å²) in [4.78, 5) is 11.8. The average molecular weight is 222 g/mol. The third-order valence-electron chi connectivity index (χ3n) is 3.03. The smallest absolute Gasteiger partial charge is 0.237 e. The monoisotopic (exact) mass is 222 g/mol. The van der Waals surface area contributed by atoms with Gasteiger partial charge in [-0.2, -0.15) is 0 Å². The lowest BCUT2D eigenvalue weighted by molar-refractivity contribution is -0.124. The van der Waals surface area contributed by atoms with Crippen molar-refractivity contribution in [3.05, 3.63) is 24.2 Å². The Bertz CT molecular complexity index is 335. The van der Waals surface area contributed by atoms with E-state index >= 15 is 0 Å². The third kappa shape index (κ3) is 2.85. The van der Waals surface area contributed by atoms with Gasteiger partial charge in [-0.3, -0.25) is 4.79 Å². The topological polar surface area (TPSA) is 54.3 Å². The molecular weight excluding hydrogens is 204 g/mol. The van der Waals surface area contributed by atoms with E-state index in [1.54, 1.807) is 12.5 Å². The summed E-state index contributed by atoms with van der Waals surface area (Å²) >= 11 is 0. The number of carbonyl (C=O) groups is 1. The molecule has 1 aromatic heterocycles. The van der Waals surface area contributed by atoms with Crippen molar-refractivity contribution < 1.29 is 9.21 Å². The molecule has 2 heterocycles. The molecule has 1 aliphatic heterocycles. The standard InChI is InChI=1S/C12H18N2O2/c1-9-2-4-13-11(6-9)12(15)14-7-10-3-5-16-8-10/h3,5,8-9,11,13H,2,4,6-7H2,1H3,(H,14,15). The van der Waals surface area contributed by atoms with Gasteiger partial charge in [-0.25, -0.2) is 0 Å². The van der Waals surface area contributed by atoms with Crippen LogP contribution < -0.4 is 10.6 Å². The maximum Gasteiger partial charge on any atom is 0.237 e. The first-order valence-electron chi connectivity index (χ1n) is 5.78. The molecule has 2 unspecified atom stereocenters. The van der Waals surface area contributed by atoms with Crippen molar-refractivity contribution in [1.82, 2.24) is 10.6 Å². The molecule has 0 spiro atoms. The number of piperidine rings is 1. The van der Waals surface area contributed by atoms with E-state index in [2.05, 4.69) is 17.6 Å². The van der Waals surface area contributed by atoms with Crippen molar-refractivity contribution in [2.24, 2.45) is 5.92 Å². The minimum Gasteiger partial charge on any atom is -0.472 e. The van der Waals surface area contributed by atoms with Crippen LogP contribution >= 0.6 is 0 Å². The van der Waals surface area contributed by atoms with E-state index in [-0.39, 0.29) is 11.9 Å². The lowest BCUT2D eigenvalue weighted by Crippen LogP contribution is -2.48. The predicted molar refractivity (Wildman–Crippen MR) is 60.7 cm³/mol. The second-order valence-corrected chi connectivity index (χ2v) is 4.49. The second-order valence-electron chi connectivity index (χ2n) is 4.49. The number of rotatable bonds is 3. The summed E-state index contributed by atoms with van der Waals surface area (Å²) in [6, 6.07) is 1.83. The van der Waals surface area contributed by atoms with Gasteiger partial charge in [-0.15, -0.1) is 0 Å². The van der Waals surface area contributed by atoms with Gasteiger partial charge in [0.1, 0.15) is 0 Å². The summed E-state index contributed by atoms with van der Waals surface area (Å²) in [5, 5.41) is 6.16. The average Bonchev–Trinajstić information content (AvgIpc) is 2.78. The van der Waals surface area contributed by atoms with Gasteiger partial charge in [0.15, 0.2) is 0 Å². The van der Waals surface area contributed by atoms with Gasteiger partial charge in [-0.1, -0.05) is 6.92 Å². The van der Waals surface area contributed by atoms with E-state index in [1.165, 1.54) is 0 Å². The number of furan rings is 1. The van der Waals surface area contributed by atoms with E-state index in [1.807, 2.05) is 6.07 Å². The zero-order valence-corrected chi connectivity index (χ0v) is 9.53. The molecule has 4 heteroatoms. The maximum absolute atomic E-state index is 11.8. The van der Waals surface area contributed by atoms with Gasteiger partial charge in [0.05, 0.1) is 18.6 Å². The van der Waals surface area contributed by atoms with Crippen molar-refractivity contribution in [3.63, 3.8) is 0 Å². The van der Waals surface area contributed by atoms with Crippen LogP contribution in [0.5, 0.6) is 0 Å². The molecule has 0 radical (unpaired) electrons. The number of hydrogen-bond donors (Lipinski definition) is 2. The van der Waals surface area contributed by atoms with Crippen molar-refractivity contribution >= 4 is 5.91 Å². The number of nitrogens with one attached hydrogen (secondary N) is 2. The molecule has 0 saturated carbocycles. The largest absolute Gasteiger partial charge is 0.472 e. The molecule has 4 nitrogen and oxygen atoms in total. The Morgan fingerprint density at radius 1 is 1.69 bits per heavy atom. The Morgan fingerprint density at radius 2 is 2.56 bits per heavy atom. The molecule has 1 amide bonds. The van der Waals surface area contributed by atoms with Crippen LogP contribution in [0.25, 0.3) is 0 Å². The fourth-order valence-corrected chi connectivity index (χ4v) is 2.01. The first-order chi connectivity index (χ1) is 7.75. The zero-order chi connectivity index (χ0) is 11.4. The van der Waals surface area contributed by atoms with Gasteiger partial charge in [0.2, 0.25) is 5.91 Å². The summed E-state index contributed by atoms with van der Waals surface area (Å²) in [7, 11) is 0. The molecule has 0 bridgehead atoms. The highest BCUT2D eigenvalue weighted by atomic mass is 16.3. The van der Waals surface area contributed by atoms with Crippen LogP contribution in [0, 0.1) is 5.92 Å². The lowest BCUT2D eigenvalue weighted by Gasteiger charge is -2.27. The molecule has 2 N–H and O–H groups in total. The number of carbonyl (C=O) groups excluding carboxylic acids is 1. The molecule has 0 aliphatic carbocycles. The van der Waals surface area contributed by atoms with Crippen molar-refractivity contribution in [1.29, 1.82) is 0 Å². The van der Waals surface area contributed by atoms with Gasteiger partial charge < -0.3 is 15.1 Å². The molecular formula is C12H18N2O2. The van der Waals surface area contributed by atoms with Gasteiger partial charge in [-0.05, 0) is 31.4 Å². The summed E-state index contributed by atoms with van der Waals surface area (Å²) in [5.41, 5.74) is 0.997. The van der Waals surface area contributed by atoms with Gasteiger partial charge in [0, 0.05) is 12.1 Å². The lowest BCUT2D eigenvalue weighted by atomic mass is 9.94. The molecule has 0 aromatic carbocycles. The van der Waals surface area contributed by atoms with Crippen LogP contribution in [0.4, 0.5) is 0 Å². The minimum atomic E-state index is -0.0318. The summed E-state index contributed by atoms with van der Waals surface area (Å²) in [6.07, 6.45) is 5.35. The minimum absolute atomic E-state index is 0.0318. The highest BCUT2D eigenvalue weighted by Crippen LogP contribution is 2.15. The van der Waals surface area contributed by atoms with Crippen LogP contribution in [0.15, 0.2) is 23.0 Å². The fraction of sp³-hybridized carbons (Fsp3) is 0.583. The van der Waals surface area contributed by atoms with Crippen molar-refractivity contribution in [2.75, 3.05) is 6.54 Å². The molecule has 1 saturated heterocycles. The van der Waals surface area contributed by atoms with E-state index in [4.69, 9.17) is 4.42 Å². The molecule has 1 fully saturated rings. The molecule has 16 heavy (non-hydrogen) atoms. The Hall–Kier alpha value is -1.29. The normalized spacial score (nSPS) is 25.3. The molecule has 88 valence electrons. The summed E-state index contributed by atoms with van der Waals surface area (Å²) < 4.78 is 4.94. The maximum atomic E-state index is 11.8. The SMILES string of the molecule is CC1CCNC(C(=O)NCc2ccoc2)C1. The van der Waals surface area contributed by atoms with Crippen molar-refractivity contribution in [2.45, 2.75) is 32.4 Å². The fourth-order valence-electron chi connectivity index (χ4n) is 2.01. The van der Waals surface area contributed by atoms with Gasteiger partial charge in [0.25, 0.3) is 0 Å². The third-order valence-corrected chi connectivity index (χ3v) is 3.03. The second kappa shape index (κ2) is 5.16. The van der Waals surface area contributed by atoms with Crippen LogP contribution in [0.2, 0.25) is 0 Å². The van der Waals surface area contributed by atoms with Crippen LogP contribution in [-0.4, -0.2) is 18.5 Å². The highest BCUT2D eigenvalue weighted by Gasteiger charge is 2.23. The Morgan fingerprint density at radius 3 is 3.25 bits per heavy atom. The summed E-state index contributed by atoms with van der Waals surface area (Å²) in [6.45, 7) is 3.67. The van der Waals surface area contributed by atoms with Crippen LogP contribution in [0.3, 0.4) is 0 Å². The number of amides is 1. The van der Waals surface area contributed by atoms with E-state index in [0.29, 0.717) is 12.5 Å². The number of hydrogen-bond acceptors (Lipinski definition) is 3. The molecule has 1 aliphatic rings. The Labute approximate surface area is 95.4 Å². The van der Waals surface area contributed by atoms with E-state index < -0.39 is 0 Å². The molecule has 2 atom stereocenters. The first-order valence-corrected chi connectivity index (χ1v) is 5.78. The quantitative estimate of drug-likeness (QED) is 0.810. The van der Waals surface area contributed by atoms with Crippen LogP contribution in [0.1, 0.15) is 25.3 Å². The van der Waals surface area contributed by atoms with Crippen LogP contribution in [-0.2, 0) is 11.3 Å². The van der Waals surface area contributed by atoms with Crippen molar-refractivity contribution in [3.8, 4) is 0 Å². The summed E-state index contributed by atoms with van der Waals surface area (Å²) in [5.74, 6) is 0.721. The zero-order valence-electron chi connectivity index (χ0n) is 9.53. The highest BCUT2D eigenvalue weighted by molar-refractivity contribution is 5.81. The van der Waals surface area contributed by atoms with E-state index in [9.17, 15) is 4.79 Å². The Balaban J connectivity index is 1.79. The Kier molecular flexibility index (Phi) is 3.62. The predicted octanol–water partition coefficient (Wildman–Crippen LogP) is 1.28. The van der Waals surface area contributed by atoms with Gasteiger partial charge >= 0.3 is 0 Å². The first kappa shape index (κ1) is 11.2. The molecule has 2 rings (SSSR count). The van der Waals surface area contributed by atoms with E-state index in [0.717, 1.165) is 24.9 Å².